The van der Waals surface area contributed by atoms with Crippen molar-refractivity contribution < 1.29 is 50.7 Å². The number of phenols is 1. The second-order valence-corrected chi connectivity index (χ2v) is 2.59. The molecule has 0 radical (unpaired) electrons. The molecule has 2 N–H and O–H groups in total. The number of carboxylic acids is 1. The van der Waals surface area contributed by atoms with Gasteiger partial charge in [-0.25, -0.2) is 4.79 Å². The minimum Gasteiger partial charge on any atom is -1.00 e. The molecule has 0 heterocycles. The first-order valence-electron chi connectivity index (χ1n) is 3.78. The fraction of sp³-hybridized carbons (Fsp3) is 0.222. The van der Waals surface area contributed by atoms with Gasteiger partial charge in [0, 0.05) is 0 Å². The first-order chi connectivity index (χ1) is 6.09. The summed E-state index contributed by atoms with van der Waals surface area (Å²) in [4.78, 5) is 10.4. The zero-order valence-electron chi connectivity index (χ0n) is 9.10. The second kappa shape index (κ2) is 5.90. The van der Waals surface area contributed by atoms with Crippen LogP contribution in [0.15, 0.2) is 24.3 Å². The van der Waals surface area contributed by atoms with E-state index in [9.17, 15) is 4.79 Å². The number of carbonyl (C=O) groups is 1. The average Bonchev–Trinajstić information content (AvgIpc) is 2.08. The van der Waals surface area contributed by atoms with E-state index in [1.54, 1.807) is 0 Å². The number of aliphatic carboxylic acids is 1. The van der Waals surface area contributed by atoms with Gasteiger partial charge in [-0.2, -0.15) is 0 Å². The van der Waals surface area contributed by atoms with E-state index in [1.807, 2.05) is 0 Å². The first-order valence-corrected chi connectivity index (χ1v) is 3.78. The molecule has 1 unspecified atom stereocenters. The minimum atomic E-state index is -1.02. The zero-order chi connectivity index (χ0) is 9.84. The van der Waals surface area contributed by atoms with Gasteiger partial charge < -0.3 is 16.4 Å². The van der Waals surface area contributed by atoms with E-state index >= 15 is 0 Å². The second-order valence-electron chi connectivity index (χ2n) is 2.59. The van der Waals surface area contributed by atoms with Gasteiger partial charge in [0.1, 0.15) is 11.5 Å². The van der Waals surface area contributed by atoms with E-state index in [4.69, 9.17) is 14.9 Å². The van der Waals surface area contributed by atoms with Crippen LogP contribution in [0.3, 0.4) is 0 Å². The Kier molecular flexibility index (Phi) is 5.60. The molecule has 0 aromatic heterocycles. The van der Waals surface area contributed by atoms with Crippen LogP contribution in [0.4, 0.5) is 0 Å². The van der Waals surface area contributed by atoms with E-state index < -0.39 is 12.1 Å². The van der Waals surface area contributed by atoms with Crippen LogP contribution in [-0.2, 0) is 4.79 Å². The van der Waals surface area contributed by atoms with Crippen LogP contribution in [0, 0.1) is 0 Å². The Hall–Kier alpha value is -0.710. The van der Waals surface area contributed by atoms with Gasteiger partial charge >= 0.3 is 35.5 Å². The third-order valence-corrected chi connectivity index (χ3v) is 1.50. The van der Waals surface area contributed by atoms with E-state index in [0.717, 1.165) is 0 Å². The molecule has 0 aliphatic carbocycles. The average molecular weight is 206 g/mol. The molecule has 1 aromatic carbocycles. The van der Waals surface area contributed by atoms with Crippen LogP contribution in [-0.4, -0.2) is 22.3 Å². The van der Waals surface area contributed by atoms with Gasteiger partial charge in [0.25, 0.3) is 0 Å². The maximum Gasteiger partial charge on any atom is 1.00 e. The molecular weight excluding hydrogens is 195 g/mol. The molecule has 1 aromatic rings. The van der Waals surface area contributed by atoms with Crippen molar-refractivity contribution in [3.05, 3.63) is 24.3 Å². The van der Waals surface area contributed by atoms with Crippen LogP contribution in [0.5, 0.6) is 11.5 Å². The summed E-state index contributed by atoms with van der Waals surface area (Å²) >= 11 is 0. The van der Waals surface area contributed by atoms with Crippen LogP contribution in [0.2, 0.25) is 0 Å². The van der Waals surface area contributed by atoms with Crippen molar-refractivity contribution in [1.29, 1.82) is 0 Å². The van der Waals surface area contributed by atoms with Gasteiger partial charge in [0.2, 0.25) is 0 Å². The number of hydrogen-bond donors (Lipinski definition) is 2. The largest absolute Gasteiger partial charge is 1.00 e. The summed E-state index contributed by atoms with van der Waals surface area (Å²) in [6.07, 6.45) is -0.885. The maximum absolute atomic E-state index is 10.4. The first kappa shape index (κ1) is 13.3. The van der Waals surface area contributed by atoms with Crippen LogP contribution in [0.25, 0.3) is 0 Å². The molecule has 5 heteroatoms. The number of phenolic OH excluding ortho intramolecular Hbond substituents is 1. The summed E-state index contributed by atoms with van der Waals surface area (Å²) in [7, 11) is 0. The van der Waals surface area contributed by atoms with Crippen LogP contribution < -0.4 is 34.3 Å². The van der Waals surface area contributed by atoms with Crippen molar-refractivity contribution in [1.82, 2.24) is 0 Å². The van der Waals surface area contributed by atoms with Gasteiger partial charge in [-0.15, -0.1) is 0 Å². The van der Waals surface area contributed by atoms with Crippen molar-refractivity contribution in [3.63, 3.8) is 0 Å². The minimum absolute atomic E-state index is 0. The Balaban J connectivity index is 0. The molecule has 0 saturated carbocycles. The molecule has 0 aliphatic rings. The van der Waals surface area contributed by atoms with Crippen molar-refractivity contribution in [2.24, 2.45) is 0 Å². The molecular formula is C9H11NaO4. The third-order valence-electron chi connectivity index (χ3n) is 1.50. The molecule has 0 saturated heterocycles. The van der Waals surface area contributed by atoms with E-state index in [2.05, 4.69) is 0 Å². The predicted molar refractivity (Wildman–Crippen MR) is 46.9 cm³/mol. The number of rotatable bonds is 3. The van der Waals surface area contributed by atoms with E-state index in [-0.39, 0.29) is 36.7 Å². The van der Waals surface area contributed by atoms with E-state index in [0.29, 0.717) is 5.75 Å². The fourth-order valence-corrected chi connectivity index (χ4v) is 0.779. The summed E-state index contributed by atoms with van der Waals surface area (Å²) in [6.45, 7) is 1.44. The predicted octanol–water partition coefficient (Wildman–Crippen LogP) is -1.64. The Morgan fingerprint density at radius 1 is 1.43 bits per heavy atom. The monoisotopic (exact) mass is 206 g/mol. The van der Waals surface area contributed by atoms with Crippen molar-refractivity contribution in [2.75, 3.05) is 0 Å². The Morgan fingerprint density at radius 3 is 2.36 bits per heavy atom. The van der Waals surface area contributed by atoms with Crippen LogP contribution >= 0.6 is 0 Å². The van der Waals surface area contributed by atoms with Gasteiger partial charge in [0.05, 0.1) is 0 Å². The normalized spacial score (nSPS) is 11.2. The topological polar surface area (TPSA) is 66.8 Å². The van der Waals surface area contributed by atoms with Crippen molar-refractivity contribution >= 4 is 5.97 Å². The van der Waals surface area contributed by atoms with Crippen molar-refractivity contribution in [2.45, 2.75) is 13.0 Å². The molecule has 0 fully saturated rings. The molecule has 72 valence electrons. The number of hydrogen-bond acceptors (Lipinski definition) is 3. The molecule has 14 heavy (non-hydrogen) atoms. The molecule has 1 rings (SSSR count). The molecule has 0 amide bonds. The Labute approximate surface area is 105 Å². The summed E-state index contributed by atoms with van der Waals surface area (Å²) in [6, 6.07) is 5.89. The summed E-state index contributed by atoms with van der Waals surface area (Å²) in [5.74, 6) is -0.476. The Morgan fingerprint density at radius 2 is 1.93 bits per heavy atom. The number of carboxylic acid groups (broad SMARTS) is 1. The Bertz CT molecular complexity index is 301. The standard InChI is InChI=1S/C9H10O4.Na.H/c1-6(9(11)12)13-8-4-2-7(10)3-5-8;;/h2-6,10H,1H3,(H,11,12);;/q;+1;-1. The van der Waals surface area contributed by atoms with Crippen molar-refractivity contribution in [3.8, 4) is 11.5 Å². The zero-order valence-corrected chi connectivity index (χ0v) is 10.1. The molecule has 0 bridgehead atoms. The number of benzene rings is 1. The maximum atomic E-state index is 10.4. The SMILES string of the molecule is CC(Oc1ccc(O)cc1)C(=O)O.[H-].[Na+]. The van der Waals surface area contributed by atoms with Crippen LogP contribution in [0.1, 0.15) is 8.35 Å². The van der Waals surface area contributed by atoms with Gasteiger partial charge in [-0.1, -0.05) is 0 Å². The quantitative estimate of drug-likeness (QED) is 0.582. The third kappa shape index (κ3) is 4.00. The fourth-order valence-electron chi connectivity index (χ4n) is 0.779. The van der Waals surface area contributed by atoms with Gasteiger partial charge in [-0.05, 0) is 31.2 Å². The van der Waals surface area contributed by atoms with E-state index in [1.165, 1.54) is 31.2 Å². The number of aromatic hydroxyl groups is 1. The molecule has 0 spiro atoms. The summed E-state index contributed by atoms with van der Waals surface area (Å²) in [5.41, 5.74) is 0. The molecule has 4 nitrogen and oxygen atoms in total. The molecule has 0 aliphatic heterocycles. The summed E-state index contributed by atoms with van der Waals surface area (Å²) < 4.78 is 5.02. The molecule has 1 atom stereocenters. The summed E-state index contributed by atoms with van der Waals surface area (Å²) in [5, 5.41) is 17.5. The van der Waals surface area contributed by atoms with Gasteiger partial charge in [-0.3, -0.25) is 0 Å². The smallest absolute Gasteiger partial charge is 1.00 e. The number of ether oxygens (including phenoxy) is 1. The van der Waals surface area contributed by atoms with Gasteiger partial charge in [0.15, 0.2) is 6.10 Å².